The molecular formula is C13H18O3. The van der Waals surface area contributed by atoms with Gasteiger partial charge in [0.2, 0.25) is 0 Å². The topological polar surface area (TPSA) is 38.7 Å². The van der Waals surface area contributed by atoms with E-state index in [4.69, 9.17) is 9.47 Å². The van der Waals surface area contributed by atoms with Crippen LogP contribution in [-0.2, 0) is 9.47 Å². The van der Waals surface area contributed by atoms with E-state index >= 15 is 0 Å². The second-order valence-electron chi connectivity index (χ2n) is 4.79. The summed E-state index contributed by atoms with van der Waals surface area (Å²) in [5.74, 6) is -0.0576. The number of phenols is 1. The molecule has 0 radical (unpaired) electrons. The lowest BCUT2D eigenvalue weighted by Gasteiger charge is -2.40. The molecule has 3 nitrogen and oxygen atoms in total. The van der Waals surface area contributed by atoms with Gasteiger partial charge in [-0.25, -0.2) is 0 Å². The second-order valence-corrected chi connectivity index (χ2v) is 4.79. The molecule has 1 aromatic rings. The van der Waals surface area contributed by atoms with Crippen molar-refractivity contribution < 1.29 is 14.6 Å². The molecule has 1 aliphatic heterocycles. The van der Waals surface area contributed by atoms with Crippen LogP contribution in [0.25, 0.3) is 0 Å². The zero-order valence-corrected chi connectivity index (χ0v) is 9.93. The quantitative estimate of drug-likeness (QED) is 0.794. The van der Waals surface area contributed by atoms with E-state index in [-0.39, 0.29) is 17.8 Å². The molecule has 1 saturated heterocycles. The number of aromatic hydroxyl groups is 1. The number of phenolic OH excluding ortho intramolecular Hbond substituents is 1. The van der Waals surface area contributed by atoms with Gasteiger partial charge in [0.25, 0.3) is 0 Å². The Morgan fingerprint density at radius 2 is 2.00 bits per heavy atom. The lowest BCUT2D eigenvalue weighted by molar-refractivity contribution is -0.293. The van der Waals surface area contributed by atoms with Crippen LogP contribution in [0.3, 0.4) is 0 Å². The van der Waals surface area contributed by atoms with Crippen LogP contribution in [-0.4, -0.2) is 17.5 Å². The minimum atomic E-state index is -0.584. The minimum absolute atomic E-state index is 0.107. The molecule has 0 aliphatic carbocycles. The molecule has 0 amide bonds. The van der Waals surface area contributed by atoms with Gasteiger partial charge >= 0.3 is 0 Å². The number of rotatable bonds is 1. The van der Waals surface area contributed by atoms with E-state index in [1.165, 1.54) is 0 Å². The Kier molecular flexibility index (Phi) is 2.91. The molecular weight excluding hydrogens is 204 g/mol. The maximum Gasteiger partial charge on any atom is 0.163 e. The van der Waals surface area contributed by atoms with Crippen molar-refractivity contribution in [1.29, 1.82) is 0 Å². The van der Waals surface area contributed by atoms with Crippen molar-refractivity contribution in [2.24, 2.45) is 5.92 Å². The van der Waals surface area contributed by atoms with Crippen LogP contribution < -0.4 is 0 Å². The predicted octanol–water partition coefficient (Wildman–Crippen LogP) is 2.85. The summed E-state index contributed by atoms with van der Waals surface area (Å²) in [4.78, 5) is 0. The summed E-state index contributed by atoms with van der Waals surface area (Å²) in [6.45, 7) is 6.50. The Balaban J connectivity index is 2.28. The monoisotopic (exact) mass is 222 g/mol. The molecule has 16 heavy (non-hydrogen) atoms. The first-order valence-electron chi connectivity index (χ1n) is 5.59. The third kappa shape index (κ3) is 2.20. The van der Waals surface area contributed by atoms with E-state index in [1.807, 2.05) is 32.0 Å². The van der Waals surface area contributed by atoms with Gasteiger partial charge < -0.3 is 14.6 Å². The Morgan fingerprint density at radius 3 is 2.69 bits per heavy atom. The summed E-state index contributed by atoms with van der Waals surface area (Å²) < 4.78 is 11.4. The normalized spacial score (nSPS) is 28.9. The first-order valence-corrected chi connectivity index (χ1v) is 5.59. The minimum Gasteiger partial charge on any atom is -0.508 e. The standard InChI is InChI=1S/C13H18O3/c1-9-8-15-13(2,3)16-12(9)10-6-4-5-7-11(10)14/h4-7,9,12,14H,8H2,1-3H3/t9-,12+/m1/s1. The molecule has 1 heterocycles. The molecule has 1 aromatic carbocycles. The van der Waals surface area contributed by atoms with Crippen LogP contribution in [0.15, 0.2) is 24.3 Å². The average Bonchev–Trinajstić information content (AvgIpc) is 2.23. The van der Waals surface area contributed by atoms with Crippen LogP contribution in [0.1, 0.15) is 32.4 Å². The van der Waals surface area contributed by atoms with E-state index in [2.05, 4.69) is 6.92 Å². The zero-order chi connectivity index (χ0) is 11.8. The first kappa shape index (κ1) is 11.4. The highest BCUT2D eigenvalue weighted by Gasteiger charge is 2.36. The third-order valence-electron chi connectivity index (χ3n) is 2.86. The summed E-state index contributed by atoms with van der Waals surface area (Å²) in [6, 6.07) is 7.31. The smallest absolute Gasteiger partial charge is 0.163 e. The van der Waals surface area contributed by atoms with Crippen molar-refractivity contribution in [2.75, 3.05) is 6.61 Å². The average molecular weight is 222 g/mol. The Hall–Kier alpha value is -1.06. The summed E-state index contributed by atoms with van der Waals surface area (Å²) >= 11 is 0. The third-order valence-corrected chi connectivity index (χ3v) is 2.86. The van der Waals surface area contributed by atoms with Crippen LogP contribution in [0.4, 0.5) is 0 Å². The van der Waals surface area contributed by atoms with Gasteiger partial charge in [0.1, 0.15) is 5.75 Å². The summed E-state index contributed by atoms with van der Waals surface area (Å²) in [7, 11) is 0. The Morgan fingerprint density at radius 1 is 1.31 bits per heavy atom. The van der Waals surface area contributed by atoms with E-state index in [9.17, 15) is 5.11 Å². The maximum atomic E-state index is 9.83. The molecule has 1 fully saturated rings. The van der Waals surface area contributed by atoms with Gasteiger partial charge in [-0.2, -0.15) is 0 Å². The van der Waals surface area contributed by atoms with Crippen LogP contribution in [0.2, 0.25) is 0 Å². The largest absolute Gasteiger partial charge is 0.508 e. The number of benzene rings is 1. The molecule has 1 aliphatic rings. The summed E-state index contributed by atoms with van der Waals surface area (Å²) in [5, 5.41) is 9.83. The van der Waals surface area contributed by atoms with Crippen LogP contribution in [0.5, 0.6) is 5.75 Å². The molecule has 0 spiro atoms. The van der Waals surface area contributed by atoms with Gasteiger partial charge in [0, 0.05) is 11.5 Å². The summed E-state index contributed by atoms with van der Waals surface area (Å²) in [5.41, 5.74) is 0.839. The van der Waals surface area contributed by atoms with Crippen LogP contribution in [0, 0.1) is 5.92 Å². The number of hydrogen-bond acceptors (Lipinski definition) is 3. The fourth-order valence-electron chi connectivity index (χ4n) is 1.97. The van der Waals surface area contributed by atoms with E-state index in [0.717, 1.165) is 5.56 Å². The van der Waals surface area contributed by atoms with Crippen molar-refractivity contribution in [1.82, 2.24) is 0 Å². The van der Waals surface area contributed by atoms with Crippen molar-refractivity contribution in [3.05, 3.63) is 29.8 Å². The molecule has 0 saturated carbocycles. The van der Waals surface area contributed by atoms with Crippen molar-refractivity contribution in [2.45, 2.75) is 32.7 Å². The second kappa shape index (κ2) is 4.07. The Labute approximate surface area is 96.0 Å². The summed E-state index contributed by atoms with van der Waals surface area (Å²) in [6.07, 6.45) is -0.107. The number of ether oxygens (including phenoxy) is 2. The highest BCUT2D eigenvalue weighted by molar-refractivity contribution is 5.34. The molecule has 1 N–H and O–H groups in total. The van der Waals surface area contributed by atoms with Crippen molar-refractivity contribution >= 4 is 0 Å². The van der Waals surface area contributed by atoms with Crippen molar-refractivity contribution in [3.63, 3.8) is 0 Å². The molecule has 0 unspecified atom stereocenters. The fourth-order valence-corrected chi connectivity index (χ4v) is 1.97. The van der Waals surface area contributed by atoms with E-state index in [1.54, 1.807) is 6.07 Å². The molecule has 88 valence electrons. The zero-order valence-electron chi connectivity index (χ0n) is 9.93. The lowest BCUT2D eigenvalue weighted by atomic mass is 9.95. The van der Waals surface area contributed by atoms with Gasteiger partial charge in [-0.05, 0) is 19.9 Å². The first-order chi connectivity index (χ1) is 7.49. The predicted molar refractivity (Wildman–Crippen MR) is 61.1 cm³/mol. The number of hydrogen-bond donors (Lipinski definition) is 1. The molecule has 2 atom stereocenters. The fraction of sp³-hybridized carbons (Fsp3) is 0.538. The molecule has 2 rings (SSSR count). The van der Waals surface area contributed by atoms with Gasteiger partial charge in [-0.15, -0.1) is 0 Å². The van der Waals surface area contributed by atoms with Crippen LogP contribution >= 0.6 is 0 Å². The van der Waals surface area contributed by atoms with Gasteiger partial charge in [0.15, 0.2) is 5.79 Å². The lowest BCUT2D eigenvalue weighted by Crippen LogP contribution is -2.40. The molecule has 3 heteroatoms. The van der Waals surface area contributed by atoms with E-state index < -0.39 is 5.79 Å². The molecule has 0 bridgehead atoms. The van der Waals surface area contributed by atoms with E-state index in [0.29, 0.717) is 6.61 Å². The Bertz CT molecular complexity index is 373. The number of para-hydroxylation sites is 1. The van der Waals surface area contributed by atoms with Gasteiger partial charge in [0.05, 0.1) is 12.7 Å². The SMILES string of the molecule is C[C@@H]1COC(C)(C)O[C@@H]1c1ccccc1O. The highest BCUT2D eigenvalue weighted by atomic mass is 16.7. The van der Waals surface area contributed by atoms with Gasteiger partial charge in [-0.3, -0.25) is 0 Å². The molecule has 0 aromatic heterocycles. The van der Waals surface area contributed by atoms with Crippen molar-refractivity contribution in [3.8, 4) is 5.75 Å². The van der Waals surface area contributed by atoms with Gasteiger partial charge in [-0.1, -0.05) is 25.1 Å². The highest BCUT2D eigenvalue weighted by Crippen LogP contribution is 2.39. The maximum absolute atomic E-state index is 9.83.